The summed E-state index contributed by atoms with van der Waals surface area (Å²) in [6, 6.07) is 3.62. The Balaban J connectivity index is 2.03. The van der Waals surface area contributed by atoms with Crippen molar-refractivity contribution in [2.75, 3.05) is 7.11 Å². The third kappa shape index (κ3) is 4.29. The van der Waals surface area contributed by atoms with E-state index in [0.29, 0.717) is 24.3 Å². The van der Waals surface area contributed by atoms with Gasteiger partial charge in [0.1, 0.15) is 17.3 Å². The van der Waals surface area contributed by atoms with Gasteiger partial charge in [0.25, 0.3) is 0 Å². The fraction of sp³-hybridized carbons (Fsp3) is 0.444. The number of benzene rings is 1. The topological polar surface area (TPSA) is 76.4 Å². The number of amides is 2. The van der Waals surface area contributed by atoms with Crippen LogP contribution in [-0.4, -0.2) is 18.3 Å². The third-order valence-electron chi connectivity index (χ3n) is 4.05. The second kappa shape index (κ2) is 8.50. The molecule has 1 atom stereocenters. The largest absolute Gasteiger partial charge is 0.496 e. The fourth-order valence-electron chi connectivity index (χ4n) is 2.74. The van der Waals surface area contributed by atoms with Crippen molar-refractivity contribution in [3.8, 4) is 5.75 Å². The standard InChI is InChI=1S/C18H24FN3O3/c1-5-14-12(15(6-2)25-22-14)10-20-18(23)21-11(3)17-13(19)8-7-9-16(17)24-4/h7-9,11H,5-6,10H2,1-4H3,(H2,20,21,23)/t11-/m0/s1. The SMILES string of the molecule is CCc1noc(CC)c1CNC(=O)N[C@@H](C)c1c(F)cccc1OC. The first kappa shape index (κ1) is 18.8. The van der Waals surface area contributed by atoms with Gasteiger partial charge < -0.3 is 19.9 Å². The average Bonchev–Trinajstić information content (AvgIpc) is 3.01. The van der Waals surface area contributed by atoms with Crippen LogP contribution in [0.25, 0.3) is 0 Å². The second-order valence-electron chi connectivity index (χ2n) is 5.64. The molecule has 2 aromatic rings. The van der Waals surface area contributed by atoms with Crippen molar-refractivity contribution < 1.29 is 18.4 Å². The quantitative estimate of drug-likeness (QED) is 0.802. The van der Waals surface area contributed by atoms with Gasteiger partial charge in [0.2, 0.25) is 0 Å². The maximum absolute atomic E-state index is 14.1. The molecule has 0 unspecified atom stereocenters. The van der Waals surface area contributed by atoms with E-state index in [2.05, 4.69) is 15.8 Å². The van der Waals surface area contributed by atoms with E-state index in [1.165, 1.54) is 13.2 Å². The number of ether oxygens (including phenoxy) is 1. The van der Waals surface area contributed by atoms with Gasteiger partial charge in [0.15, 0.2) is 0 Å². The number of hydrogen-bond acceptors (Lipinski definition) is 4. The maximum atomic E-state index is 14.1. The minimum absolute atomic E-state index is 0.308. The van der Waals surface area contributed by atoms with Crippen molar-refractivity contribution in [1.29, 1.82) is 0 Å². The Hall–Kier alpha value is -2.57. The number of aryl methyl sites for hydroxylation is 2. The Kier molecular flexibility index (Phi) is 6.38. The number of urea groups is 1. The van der Waals surface area contributed by atoms with Gasteiger partial charge in [-0.15, -0.1) is 0 Å². The van der Waals surface area contributed by atoms with Crippen LogP contribution < -0.4 is 15.4 Å². The minimum Gasteiger partial charge on any atom is -0.496 e. The number of carbonyl (C=O) groups excluding carboxylic acids is 1. The molecular formula is C18H24FN3O3. The van der Waals surface area contributed by atoms with Gasteiger partial charge in [0.05, 0.1) is 24.4 Å². The molecule has 0 aliphatic rings. The van der Waals surface area contributed by atoms with E-state index in [1.807, 2.05) is 13.8 Å². The van der Waals surface area contributed by atoms with E-state index in [1.54, 1.807) is 19.1 Å². The van der Waals surface area contributed by atoms with Crippen LogP contribution in [0.15, 0.2) is 22.7 Å². The summed E-state index contributed by atoms with van der Waals surface area (Å²) in [7, 11) is 1.47. The Bertz CT molecular complexity index is 709. The van der Waals surface area contributed by atoms with E-state index in [9.17, 15) is 9.18 Å². The lowest BCUT2D eigenvalue weighted by Crippen LogP contribution is -2.37. The molecule has 0 saturated heterocycles. The van der Waals surface area contributed by atoms with Gasteiger partial charge in [-0.2, -0.15) is 0 Å². The number of carbonyl (C=O) groups is 1. The molecule has 0 bridgehead atoms. The van der Waals surface area contributed by atoms with Crippen molar-refractivity contribution in [3.63, 3.8) is 0 Å². The number of aromatic nitrogens is 1. The van der Waals surface area contributed by atoms with E-state index in [0.717, 1.165) is 23.4 Å². The molecule has 1 aromatic carbocycles. The highest BCUT2D eigenvalue weighted by Gasteiger charge is 2.19. The molecule has 0 fully saturated rings. The monoisotopic (exact) mass is 349 g/mol. The summed E-state index contributed by atoms with van der Waals surface area (Å²) in [5.41, 5.74) is 2.05. The zero-order chi connectivity index (χ0) is 18.4. The smallest absolute Gasteiger partial charge is 0.315 e. The molecule has 1 heterocycles. The zero-order valence-corrected chi connectivity index (χ0v) is 15.0. The number of halogens is 1. The molecule has 136 valence electrons. The van der Waals surface area contributed by atoms with Crippen molar-refractivity contribution in [2.45, 2.75) is 46.2 Å². The Labute approximate surface area is 146 Å². The predicted octanol–water partition coefficient (Wildman–Crippen LogP) is 3.51. The highest BCUT2D eigenvalue weighted by Crippen LogP contribution is 2.27. The molecule has 2 amide bonds. The van der Waals surface area contributed by atoms with E-state index >= 15 is 0 Å². The van der Waals surface area contributed by atoms with Crippen LogP contribution in [0.2, 0.25) is 0 Å². The number of methoxy groups -OCH3 is 1. The molecule has 1 aromatic heterocycles. The zero-order valence-electron chi connectivity index (χ0n) is 15.0. The van der Waals surface area contributed by atoms with E-state index in [-0.39, 0.29) is 0 Å². The molecule has 2 rings (SSSR count). The van der Waals surface area contributed by atoms with Crippen LogP contribution in [0.3, 0.4) is 0 Å². The molecule has 0 spiro atoms. The van der Waals surface area contributed by atoms with Crippen LogP contribution in [0, 0.1) is 5.82 Å². The van der Waals surface area contributed by atoms with Gasteiger partial charge >= 0.3 is 6.03 Å². The van der Waals surface area contributed by atoms with Crippen LogP contribution in [0.5, 0.6) is 5.75 Å². The first-order valence-corrected chi connectivity index (χ1v) is 8.34. The summed E-state index contributed by atoms with van der Waals surface area (Å²) >= 11 is 0. The summed E-state index contributed by atoms with van der Waals surface area (Å²) in [6.07, 6.45) is 1.43. The molecule has 0 aliphatic carbocycles. The van der Waals surface area contributed by atoms with Gasteiger partial charge in [-0.1, -0.05) is 25.1 Å². The molecule has 0 aliphatic heterocycles. The average molecular weight is 349 g/mol. The summed E-state index contributed by atoms with van der Waals surface area (Å²) in [5, 5.41) is 9.52. The molecule has 25 heavy (non-hydrogen) atoms. The molecule has 7 heteroatoms. The summed E-state index contributed by atoms with van der Waals surface area (Å²) < 4.78 is 24.5. The maximum Gasteiger partial charge on any atom is 0.315 e. The minimum atomic E-state index is -0.546. The van der Waals surface area contributed by atoms with Crippen LogP contribution >= 0.6 is 0 Å². The van der Waals surface area contributed by atoms with Crippen LogP contribution in [0.4, 0.5) is 9.18 Å². The summed E-state index contributed by atoms with van der Waals surface area (Å²) in [5.74, 6) is 0.738. The van der Waals surface area contributed by atoms with Crippen molar-refractivity contribution in [3.05, 3.63) is 46.6 Å². The fourth-order valence-corrected chi connectivity index (χ4v) is 2.74. The van der Waals surface area contributed by atoms with Crippen LogP contribution in [0.1, 0.15) is 49.4 Å². The summed E-state index contributed by atoms with van der Waals surface area (Å²) in [6.45, 7) is 5.96. The van der Waals surface area contributed by atoms with Gasteiger partial charge in [-0.05, 0) is 25.5 Å². The number of nitrogens with one attached hydrogen (secondary N) is 2. The summed E-state index contributed by atoms with van der Waals surface area (Å²) in [4.78, 5) is 12.2. The Morgan fingerprint density at radius 3 is 2.76 bits per heavy atom. The lowest BCUT2D eigenvalue weighted by Gasteiger charge is -2.18. The van der Waals surface area contributed by atoms with Crippen molar-refractivity contribution in [1.82, 2.24) is 15.8 Å². The highest BCUT2D eigenvalue weighted by atomic mass is 19.1. The first-order valence-electron chi connectivity index (χ1n) is 8.34. The van der Waals surface area contributed by atoms with Gasteiger partial charge in [0, 0.05) is 18.5 Å². The Morgan fingerprint density at radius 2 is 2.12 bits per heavy atom. The second-order valence-corrected chi connectivity index (χ2v) is 5.64. The predicted molar refractivity (Wildman–Crippen MR) is 92.0 cm³/mol. The molecular weight excluding hydrogens is 325 g/mol. The number of rotatable bonds is 7. The van der Waals surface area contributed by atoms with Crippen molar-refractivity contribution in [2.24, 2.45) is 0 Å². The van der Waals surface area contributed by atoms with Gasteiger partial charge in [-0.3, -0.25) is 0 Å². The van der Waals surface area contributed by atoms with Gasteiger partial charge in [-0.25, -0.2) is 9.18 Å². The van der Waals surface area contributed by atoms with Crippen molar-refractivity contribution >= 4 is 6.03 Å². The number of nitrogens with zero attached hydrogens (tertiary/aromatic N) is 1. The molecule has 0 radical (unpaired) electrons. The first-order chi connectivity index (χ1) is 12.0. The lowest BCUT2D eigenvalue weighted by molar-refractivity contribution is 0.237. The third-order valence-corrected chi connectivity index (χ3v) is 4.05. The van der Waals surface area contributed by atoms with E-state index < -0.39 is 17.9 Å². The molecule has 0 saturated carbocycles. The van der Waals surface area contributed by atoms with E-state index in [4.69, 9.17) is 9.26 Å². The van der Waals surface area contributed by atoms with Crippen LogP contribution in [-0.2, 0) is 19.4 Å². The number of hydrogen-bond donors (Lipinski definition) is 2. The lowest BCUT2D eigenvalue weighted by atomic mass is 10.1. The molecule has 6 nitrogen and oxygen atoms in total. The molecule has 2 N–H and O–H groups in total. The normalized spacial score (nSPS) is 11.9. The highest BCUT2D eigenvalue weighted by molar-refractivity contribution is 5.74. The Morgan fingerprint density at radius 1 is 1.36 bits per heavy atom.